The van der Waals surface area contributed by atoms with Crippen molar-refractivity contribution in [2.75, 3.05) is 23.9 Å². The van der Waals surface area contributed by atoms with Crippen LogP contribution in [0.5, 0.6) is 5.75 Å². The van der Waals surface area contributed by atoms with Gasteiger partial charge in [0.05, 0.1) is 36.4 Å². The van der Waals surface area contributed by atoms with E-state index in [0.717, 1.165) is 17.0 Å². The van der Waals surface area contributed by atoms with Crippen molar-refractivity contribution in [2.24, 2.45) is 0 Å². The molecule has 156 valence electrons. The van der Waals surface area contributed by atoms with Crippen molar-refractivity contribution in [2.45, 2.75) is 37.9 Å². The zero-order valence-electron chi connectivity index (χ0n) is 16.4. The fourth-order valence-electron chi connectivity index (χ4n) is 3.96. The molecule has 10 heteroatoms. The lowest BCUT2D eigenvalue weighted by atomic mass is 10.0. The van der Waals surface area contributed by atoms with Crippen molar-refractivity contribution in [1.82, 2.24) is 20.6 Å². The van der Waals surface area contributed by atoms with Gasteiger partial charge in [0.1, 0.15) is 17.6 Å². The number of para-hydroxylation sites is 1. The summed E-state index contributed by atoms with van der Waals surface area (Å²) in [5, 5.41) is 7.32. The predicted molar refractivity (Wildman–Crippen MR) is 108 cm³/mol. The quantitative estimate of drug-likeness (QED) is 0.665. The van der Waals surface area contributed by atoms with E-state index in [9.17, 15) is 13.2 Å². The third-order valence-electron chi connectivity index (χ3n) is 5.40. The summed E-state index contributed by atoms with van der Waals surface area (Å²) in [5.41, 5.74) is 7.91. The first-order chi connectivity index (χ1) is 13.9. The van der Waals surface area contributed by atoms with Crippen molar-refractivity contribution in [1.29, 1.82) is 0 Å². The Bertz CT molecular complexity index is 1020. The van der Waals surface area contributed by atoms with Gasteiger partial charge in [0.25, 0.3) is 0 Å². The monoisotopic (exact) mass is 419 g/mol. The average Bonchev–Trinajstić information content (AvgIpc) is 3.40. The van der Waals surface area contributed by atoms with Gasteiger partial charge in [0.15, 0.2) is 9.84 Å². The van der Waals surface area contributed by atoms with Gasteiger partial charge in [0.2, 0.25) is 5.91 Å². The molecular weight excluding hydrogens is 394 g/mol. The van der Waals surface area contributed by atoms with Crippen LogP contribution in [0.4, 0.5) is 5.82 Å². The van der Waals surface area contributed by atoms with E-state index < -0.39 is 15.9 Å². The number of benzene rings is 1. The maximum atomic E-state index is 12.8. The summed E-state index contributed by atoms with van der Waals surface area (Å²) in [6.45, 7) is 1.82. The molecule has 3 heterocycles. The highest BCUT2D eigenvalue weighted by molar-refractivity contribution is 7.91. The Balaban J connectivity index is 1.46. The minimum absolute atomic E-state index is 0.0517. The third-order valence-corrected chi connectivity index (χ3v) is 7.15. The Morgan fingerprint density at radius 1 is 1.31 bits per heavy atom. The topological polar surface area (TPSA) is 114 Å². The largest absolute Gasteiger partial charge is 0.496 e. The van der Waals surface area contributed by atoms with Crippen LogP contribution in [-0.2, 0) is 14.6 Å². The fourth-order valence-corrected chi connectivity index (χ4v) is 5.65. The Morgan fingerprint density at radius 2 is 2.10 bits per heavy atom. The van der Waals surface area contributed by atoms with Gasteiger partial charge in [-0.15, -0.1) is 0 Å². The van der Waals surface area contributed by atoms with Crippen LogP contribution in [-0.4, -0.2) is 48.8 Å². The molecule has 2 fully saturated rings. The third kappa shape index (κ3) is 4.14. The molecule has 2 aliphatic rings. The highest BCUT2D eigenvalue weighted by Crippen LogP contribution is 2.31. The minimum Gasteiger partial charge on any atom is -0.496 e. The summed E-state index contributed by atoms with van der Waals surface area (Å²) >= 11 is 0. The van der Waals surface area contributed by atoms with Gasteiger partial charge in [0, 0.05) is 11.6 Å². The minimum atomic E-state index is -3.05. The predicted octanol–water partition coefficient (Wildman–Crippen LogP) is 1.11. The second kappa shape index (κ2) is 7.77. The van der Waals surface area contributed by atoms with E-state index in [-0.39, 0.29) is 29.5 Å². The number of hydrazine groups is 1. The van der Waals surface area contributed by atoms with Gasteiger partial charge >= 0.3 is 0 Å². The lowest BCUT2D eigenvalue weighted by molar-refractivity contribution is -0.117. The average molecular weight is 420 g/mol. The van der Waals surface area contributed by atoms with Gasteiger partial charge in [-0.3, -0.25) is 4.79 Å². The van der Waals surface area contributed by atoms with E-state index in [0.29, 0.717) is 18.7 Å². The number of carbonyl (C=O) groups excluding carboxylic acids is 1. The summed E-state index contributed by atoms with van der Waals surface area (Å²) in [4.78, 5) is 12.8. The van der Waals surface area contributed by atoms with Crippen molar-refractivity contribution in [3.8, 4) is 5.75 Å². The number of anilines is 1. The molecule has 0 radical (unpaired) electrons. The second-order valence-electron chi connectivity index (χ2n) is 7.53. The zero-order chi connectivity index (χ0) is 20.6. The number of ether oxygens (including phenoxy) is 1. The molecule has 3 atom stereocenters. The second-order valence-corrected chi connectivity index (χ2v) is 9.76. The maximum absolute atomic E-state index is 12.8. The number of methoxy groups -OCH3 is 1. The van der Waals surface area contributed by atoms with Crippen LogP contribution in [0.1, 0.15) is 36.2 Å². The normalized spacial score (nSPS) is 25.8. The molecule has 0 saturated carbocycles. The van der Waals surface area contributed by atoms with E-state index in [2.05, 4.69) is 21.3 Å². The number of rotatable bonds is 5. The summed E-state index contributed by atoms with van der Waals surface area (Å²) < 4.78 is 30.7. The number of sulfone groups is 1. The van der Waals surface area contributed by atoms with Crippen molar-refractivity contribution in [3.05, 3.63) is 41.6 Å². The molecule has 1 aromatic carbocycles. The number of nitrogens with one attached hydrogen (secondary N) is 3. The summed E-state index contributed by atoms with van der Waals surface area (Å²) in [6, 6.07) is 8.71. The molecule has 1 aromatic heterocycles. The fraction of sp³-hybridized carbons (Fsp3) is 0.474. The van der Waals surface area contributed by atoms with Crippen molar-refractivity contribution in [3.63, 3.8) is 0 Å². The number of hydrogen-bond acceptors (Lipinski definition) is 7. The van der Waals surface area contributed by atoms with E-state index in [4.69, 9.17) is 4.74 Å². The summed E-state index contributed by atoms with van der Waals surface area (Å²) in [6.07, 6.45) is 1.06. The molecule has 3 N–H and O–H groups in total. The van der Waals surface area contributed by atoms with Crippen molar-refractivity contribution >= 4 is 21.6 Å². The number of aryl methyl sites for hydroxylation is 1. The van der Waals surface area contributed by atoms with Crippen LogP contribution in [0.15, 0.2) is 30.3 Å². The lowest BCUT2D eigenvalue weighted by Crippen LogP contribution is -2.40. The van der Waals surface area contributed by atoms with Gasteiger partial charge in [-0.25, -0.2) is 24.0 Å². The molecule has 2 saturated heterocycles. The van der Waals surface area contributed by atoms with Crippen LogP contribution >= 0.6 is 0 Å². The zero-order valence-corrected chi connectivity index (χ0v) is 17.2. The molecule has 9 nitrogen and oxygen atoms in total. The highest BCUT2D eigenvalue weighted by atomic mass is 32.2. The van der Waals surface area contributed by atoms with Gasteiger partial charge in [-0.1, -0.05) is 18.2 Å². The smallest absolute Gasteiger partial charge is 0.244 e. The first-order valence-electron chi connectivity index (χ1n) is 9.57. The number of amides is 1. The maximum Gasteiger partial charge on any atom is 0.244 e. The van der Waals surface area contributed by atoms with Gasteiger partial charge in [-0.05, 0) is 25.8 Å². The number of hydrogen-bond donors (Lipinski definition) is 3. The molecule has 29 heavy (non-hydrogen) atoms. The van der Waals surface area contributed by atoms with Crippen LogP contribution in [0.2, 0.25) is 0 Å². The molecule has 2 aromatic rings. The van der Waals surface area contributed by atoms with Crippen LogP contribution < -0.4 is 20.9 Å². The number of aromatic nitrogens is 2. The Labute approximate surface area is 169 Å². The standard InChI is InChI=1S/C19H25N5O4S/c1-12-9-18(24(23-12)13-7-8-29(26,27)11-13)20-19(25)16-10-15(21-22-16)14-5-3-4-6-17(14)28-2/h3-6,9,13,15-16,21-22H,7-8,10-11H2,1-2H3,(H,20,25). The van der Waals surface area contributed by atoms with E-state index in [1.165, 1.54) is 0 Å². The summed E-state index contributed by atoms with van der Waals surface area (Å²) in [5.74, 6) is 1.30. The van der Waals surface area contributed by atoms with Crippen LogP contribution in [0, 0.1) is 6.92 Å². The molecule has 0 aliphatic carbocycles. The molecule has 4 rings (SSSR count). The Hall–Kier alpha value is -2.43. The van der Waals surface area contributed by atoms with Gasteiger partial charge in [-0.2, -0.15) is 5.10 Å². The molecule has 0 spiro atoms. The van der Waals surface area contributed by atoms with Crippen molar-refractivity contribution < 1.29 is 17.9 Å². The molecule has 2 aliphatic heterocycles. The number of carbonyl (C=O) groups is 1. The summed E-state index contributed by atoms with van der Waals surface area (Å²) in [7, 11) is -1.42. The highest BCUT2D eigenvalue weighted by Gasteiger charge is 2.34. The Morgan fingerprint density at radius 3 is 2.83 bits per heavy atom. The first kappa shape index (κ1) is 19.9. The first-order valence-corrected chi connectivity index (χ1v) is 11.4. The van der Waals surface area contributed by atoms with E-state index in [1.807, 2.05) is 31.2 Å². The molecule has 3 unspecified atom stereocenters. The lowest BCUT2D eigenvalue weighted by Gasteiger charge is -2.16. The van der Waals surface area contributed by atoms with E-state index in [1.54, 1.807) is 17.9 Å². The molecule has 0 bridgehead atoms. The van der Waals surface area contributed by atoms with E-state index >= 15 is 0 Å². The molecule has 1 amide bonds. The molecular formula is C19H25N5O4S. The SMILES string of the molecule is COc1ccccc1C1CC(C(=O)Nc2cc(C)nn2C2CCS(=O)(=O)C2)NN1. The Kier molecular flexibility index (Phi) is 5.32. The number of nitrogens with zero attached hydrogens (tertiary/aromatic N) is 2. The van der Waals surface area contributed by atoms with Crippen LogP contribution in [0.3, 0.4) is 0 Å². The van der Waals surface area contributed by atoms with Gasteiger partial charge < -0.3 is 10.1 Å². The van der Waals surface area contributed by atoms with Crippen LogP contribution in [0.25, 0.3) is 0 Å².